The SMILES string of the molecule is O=C1c2ccc([N+](=O)[O-])c3cccc(c23)N1CCCl. The second kappa shape index (κ2) is 4.20. The number of halogens is 1. The summed E-state index contributed by atoms with van der Waals surface area (Å²) in [6, 6.07) is 8.06. The maximum atomic E-state index is 12.2. The molecule has 0 fully saturated rings. The van der Waals surface area contributed by atoms with E-state index in [0.717, 1.165) is 0 Å². The summed E-state index contributed by atoms with van der Waals surface area (Å²) in [5.74, 6) is 0.167. The lowest BCUT2D eigenvalue weighted by Crippen LogP contribution is -2.28. The van der Waals surface area contributed by atoms with E-state index in [2.05, 4.69) is 0 Å². The number of anilines is 1. The van der Waals surface area contributed by atoms with Crippen LogP contribution in [0.5, 0.6) is 0 Å². The van der Waals surface area contributed by atoms with E-state index in [1.54, 1.807) is 23.1 Å². The fourth-order valence-corrected chi connectivity index (χ4v) is 2.66. The van der Waals surface area contributed by atoms with Gasteiger partial charge >= 0.3 is 0 Å². The van der Waals surface area contributed by atoms with Crippen molar-refractivity contribution < 1.29 is 9.72 Å². The maximum absolute atomic E-state index is 12.2. The molecule has 96 valence electrons. The highest BCUT2D eigenvalue weighted by atomic mass is 35.5. The van der Waals surface area contributed by atoms with Crippen molar-refractivity contribution in [3.8, 4) is 0 Å². The molecule has 0 radical (unpaired) electrons. The highest BCUT2D eigenvalue weighted by Gasteiger charge is 2.31. The fourth-order valence-electron chi connectivity index (χ4n) is 2.50. The summed E-state index contributed by atoms with van der Waals surface area (Å²) < 4.78 is 0. The van der Waals surface area contributed by atoms with E-state index < -0.39 is 4.92 Å². The van der Waals surface area contributed by atoms with Gasteiger partial charge in [0, 0.05) is 23.9 Å². The molecule has 1 amide bonds. The first kappa shape index (κ1) is 11.9. The Kier molecular flexibility index (Phi) is 2.64. The molecule has 0 atom stereocenters. The molecule has 0 saturated heterocycles. The second-order valence-electron chi connectivity index (χ2n) is 4.23. The van der Waals surface area contributed by atoms with Gasteiger partial charge in [-0.3, -0.25) is 14.9 Å². The standard InChI is InChI=1S/C13H9ClN2O3/c14-6-7-15-11-3-1-2-8-10(16(18)19)5-4-9(12(8)11)13(15)17/h1-5H,6-7H2. The number of non-ortho nitro benzene ring substituents is 1. The second-order valence-corrected chi connectivity index (χ2v) is 4.61. The zero-order valence-electron chi connectivity index (χ0n) is 9.80. The fraction of sp³-hybridized carbons (Fsp3) is 0.154. The minimum Gasteiger partial charge on any atom is -0.306 e. The van der Waals surface area contributed by atoms with Crippen LogP contribution in [0.25, 0.3) is 10.8 Å². The van der Waals surface area contributed by atoms with Crippen molar-refractivity contribution in [3.63, 3.8) is 0 Å². The van der Waals surface area contributed by atoms with Crippen LogP contribution in [-0.4, -0.2) is 23.3 Å². The number of hydrogen-bond acceptors (Lipinski definition) is 3. The first-order chi connectivity index (χ1) is 9.15. The Balaban J connectivity index is 2.34. The first-order valence-electron chi connectivity index (χ1n) is 5.73. The number of carbonyl (C=O) groups excluding carboxylic acids is 1. The number of benzene rings is 2. The van der Waals surface area contributed by atoms with Crippen LogP contribution in [0.4, 0.5) is 11.4 Å². The van der Waals surface area contributed by atoms with Gasteiger partial charge in [-0.25, -0.2) is 0 Å². The largest absolute Gasteiger partial charge is 0.306 e. The molecule has 6 heteroatoms. The van der Waals surface area contributed by atoms with Crippen molar-refractivity contribution in [2.45, 2.75) is 0 Å². The summed E-state index contributed by atoms with van der Waals surface area (Å²) in [4.78, 5) is 24.4. The summed E-state index contributed by atoms with van der Waals surface area (Å²) in [7, 11) is 0. The Labute approximate surface area is 113 Å². The highest BCUT2D eigenvalue weighted by Crippen LogP contribution is 2.40. The van der Waals surface area contributed by atoms with Gasteiger partial charge in [0.2, 0.25) is 0 Å². The van der Waals surface area contributed by atoms with Gasteiger partial charge in [0.05, 0.1) is 21.6 Å². The zero-order chi connectivity index (χ0) is 13.6. The van der Waals surface area contributed by atoms with Gasteiger partial charge in [-0.05, 0) is 18.2 Å². The van der Waals surface area contributed by atoms with Crippen LogP contribution in [-0.2, 0) is 0 Å². The van der Waals surface area contributed by atoms with Crippen LogP contribution in [0, 0.1) is 10.1 Å². The Morgan fingerprint density at radius 2 is 2.05 bits per heavy atom. The monoisotopic (exact) mass is 276 g/mol. The molecule has 1 aliphatic heterocycles. The molecule has 0 unspecified atom stereocenters. The van der Waals surface area contributed by atoms with Crippen molar-refractivity contribution in [1.29, 1.82) is 0 Å². The molecule has 0 aliphatic carbocycles. The van der Waals surface area contributed by atoms with Gasteiger partial charge in [-0.15, -0.1) is 11.6 Å². The number of nitro benzene ring substituents is 1. The molecule has 0 bridgehead atoms. The highest BCUT2D eigenvalue weighted by molar-refractivity contribution is 6.27. The minimum absolute atomic E-state index is 0.0149. The van der Waals surface area contributed by atoms with Gasteiger partial charge < -0.3 is 4.90 Å². The summed E-state index contributed by atoms with van der Waals surface area (Å²) in [5.41, 5.74) is 1.21. The van der Waals surface area contributed by atoms with Crippen LogP contribution in [0.1, 0.15) is 10.4 Å². The van der Waals surface area contributed by atoms with E-state index in [9.17, 15) is 14.9 Å². The Morgan fingerprint density at radius 1 is 1.26 bits per heavy atom. The average Bonchev–Trinajstić information content (AvgIpc) is 2.67. The molecule has 0 N–H and O–H groups in total. The van der Waals surface area contributed by atoms with Gasteiger partial charge in [-0.2, -0.15) is 0 Å². The third-order valence-corrected chi connectivity index (χ3v) is 3.44. The normalized spacial score (nSPS) is 13.3. The van der Waals surface area contributed by atoms with Crippen LogP contribution in [0.15, 0.2) is 30.3 Å². The van der Waals surface area contributed by atoms with Crippen molar-refractivity contribution in [2.75, 3.05) is 17.3 Å². The molecule has 1 aliphatic rings. The first-order valence-corrected chi connectivity index (χ1v) is 6.26. The molecule has 1 heterocycles. The Morgan fingerprint density at radius 3 is 2.74 bits per heavy atom. The molecule has 5 nitrogen and oxygen atoms in total. The van der Waals surface area contributed by atoms with E-state index in [1.807, 2.05) is 0 Å². The number of rotatable bonds is 3. The predicted octanol–water partition coefficient (Wildman–Crippen LogP) is 2.95. The number of amides is 1. The van der Waals surface area contributed by atoms with Crippen molar-refractivity contribution >= 4 is 39.7 Å². The quantitative estimate of drug-likeness (QED) is 0.492. The topological polar surface area (TPSA) is 63.4 Å². The molecule has 19 heavy (non-hydrogen) atoms. The lowest BCUT2D eigenvalue weighted by molar-refractivity contribution is -0.383. The van der Waals surface area contributed by atoms with Crippen molar-refractivity contribution in [3.05, 3.63) is 46.0 Å². The third-order valence-electron chi connectivity index (χ3n) is 3.27. The van der Waals surface area contributed by atoms with E-state index in [4.69, 9.17) is 11.6 Å². The average molecular weight is 277 g/mol. The molecule has 0 aromatic heterocycles. The summed E-state index contributed by atoms with van der Waals surface area (Å²) in [6.45, 7) is 0.391. The molecule has 2 aromatic carbocycles. The summed E-state index contributed by atoms with van der Waals surface area (Å²) in [6.07, 6.45) is 0. The third kappa shape index (κ3) is 1.58. The van der Waals surface area contributed by atoms with Gasteiger partial charge in [0.25, 0.3) is 11.6 Å². The van der Waals surface area contributed by atoms with E-state index in [0.29, 0.717) is 34.4 Å². The Bertz CT molecular complexity index is 714. The summed E-state index contributed by atoms with van der Waals surface area (Å²) in [5, 5.41) is 12.2. The number of alkyl halides is 1. The predicted molar refractivity (Wildman–Crippen MR) is 73.0 cm³/mol. The van der Waals surface area contributed by atoms with Crippen LogP contribution < -0.4 is 4.90 Å². The molecular weight excluding hydrogens is 268 g/mol. The number of carbonyl (C=O) groups is 1. The summed E-state index contributed by atoms with van der Waals surface area (Å²) >= 11 is 5.70. The van der Waals surface area contributed by atoms with Gasteiger partial charge in [0.15, 0.2) is 0 Å². The molecule has 2 aromatic rings. The maximum Gasteiger partial charge on any atom is 0.277 e. The lowest BCUT2D eigenvalue weighted by Gasteiger charge is -2.15. The molecule has 0 saturated carbocycles. The molecular formula is C13H9ClN2O3. The van der Waals surface area contributed by atoms with E-state index in [-0.39, 0.29) is 11.6 Å². The Hall–Kier alpha value is -2.14. The minimum atomic E-state index is -0.433. The molecule has 3 rings (SSSR count). The number of nitro groups is 1. The van der Waals surface area contributed by atoms with Crippen LogP contribution in [0.3, 0.4) is 0 Å². The van der Waals surface area contributed by atoms with Gasteiger partial charge in [0.1, 0.15) is 0 Å². The number of hydrogen-bond donors (Lipinski definition) is 0. The van der Waals surface area contributed by atoms with Crippen molar-refractivity contribution in [1.82, 2.24) is 0 Å². The van der Waals surface area contributed by atoms with E-state index >= 15 is 0 Å². The lowest BCUT2D eigenvalue weighted by atomic mass is 10.0. The smallest absolute Gasteiger partial charge is 0.277 e. The number of nitrogens with zero attached hydrogens (tertiary/aromatic N) is 2. The van der Waals surface area contributed by atoms with Gasteiger partial charge in [-0.1, -0.05) is 6.07 Å². The van der Waals surface area contributed by atoms with Crippen LogP contribution >= 0.6 is 11.6 Å². The molecule has 0 spiro atoms. The van der Waals surface area contributed by atoms with Crippen molar-refractivity contribution in [2.24, 2.45) is 0 Å². The van der Waals surface area contributed by atoms with Crippen LogP contribution in [0.2, 0.25) is 0 Å². The van der Waals surface area contributed by atoms with E-state index in [1.165, 1.54) is 12.1 Å². The zero-order valence-corrected chi connectivity index (χ0v) is 10.6.